The van der Waals surface area contributed by atoms with Gasteiger partial charge in [0.2, 0.25) is 5.91 Å². The molecule has 106 valence electrons. The average Bonchev–Trinajstić information content (AvgIpc) is 3.21. The third-order valence-corrected chi connectivity index (χ3v) is 3.51. The second kappa shape index (κ2) is 7.51. The van der Waals surface area contributed by atoms with Crippen LogP contribution < -0.4 is 10.6 Å². The normalized spacial score (nSPS) is 17.2. The summed E-state index contributed by atoms with van der Waals surface area (Å²) in [6.45, 7) is 2.68. The number of carbonyl (C=O) groups excluding carboxylic acids is 1. The van der Waals surface area contributed by atoms with E-state index in [0.29, 0.717) is 5.92 Å². The molecule has 2 N–H and O–H groups in total. The van der Waals surface area contributed by atoms with Crippen LogP contribution in [-0.2, 0) is 4.79 Å². The molecule has 2 atom stereocenters. The fourth-order valence-electron chi connectivity index (χ4n) is 2.26. The van der Waals surface area contributed by atoms with E-state index < -0.39 is 0 Å². The summed E-state index contributed by atoms with van der Waals surface area (Å²) in [4.78, 5) is 12.1. The Morgan fingerprint density at radius 3 is 2.47 bits per heavy atom. The summed E-state index contributed by atoms with van der Waals surface area (Å²) in [6.07, 6.45) is 2.44. The first-order valence-corrected chi connectivity index (χ1v) is 6.72. The van der Waals surface area contributed by atoms with Crippen LogP contribution in [0.25, 0.3) is 0 Å². The molecule has 0 heterocycles. The van der Waals surface area contributed by atoms with Gasteiger partial charge in [0, 0.05) is 12.5 Å². The lowest BCUT2D eigenvalue weighted by Gasteiger charge is -2.21. The average molecular weight is 283 g/mol. The molecule has 0 aromatic heterocycles. The van der Waals surface area contributed by atoms with Gasteiger partial charge < -0.3 is 10.6 Å². The maximum atomic E-state index is 12.1. The third kappa shape index (κ3) is 4.51. The summed E-state index contributed by atoms with van der Waals surface area (Å²) in [5, 5.41) is 6.25. The number of hydrogen-bond donors (Lipinski definition) is 2. The molecule has 0 radical (unpaired) electrons. The Balaban J connectivity index is 0.00000180. The summed E-state index contributed by atoms with van der Waals surface area (Å²) >= 11 is 0. The van der Waals surface area contributed by atoms with Gasteiger partial charge in [-0.25, -0.2) is 0 Å². The van der Waals surface area contributed by atoms with Gasteiger partial charge in [-0.1, -0.05) is 37.3 Å². The first-order valence-electron chi connectivity index (χ1n) is 6.72. The lowest BCUT2D eigenvalue weighted by atomic mass is 10.0. The summed E-state index contributed by atoms with van der Waals surface area (Å²) in [7, 11) is 1.87. The molecular weight excluding hydrogens is 260 g/mol. The first kappa shape index (κ1) is 16.0. The number of hydrogen-bond acceptors (Lipinski definition) is 2. The number of halogens is 1. The minimum atomic E-state index is 0. The molecule has 3 nitrogen and oxygen atoms in total. The fraction of sp³-hybridized carbons (Fsp3) is 0.533. The zero-order valence-electron chi connectivity index (χ0n) is 11.6. The van der Waals surface area contributed by atoms with Gasteiger partial charge in [-0.2, -0.15) is 0 Å². The van der Waals surface area contributed by atoms with Gasteiger partial charge in [0.15, 0.2) is 0 Å². The number of carbonyl (C=O) groups is 1. The van der Waals surface area contributed by atoms with Crippen molar-refractivity contribution in [2.24, 2.45) is 11.8 Å². The predicted molar refractivity (Wildman–Crippen MR) is 80.4 cm³/mol. The quantitative estimate of drug-likeness (QED) is 0.842. The van der Waals surface area contributed by atoms with Gasteiger partial charge >= 0.3 is 0 Å². The van der Waals surface area contributed by atoms with Crippen molar-refractivity contribution in [3.63, 3.8) is 0 Å². The predicted octanol–water partition coefficient (Wildman–Crippen LogP) is 2.53. The highest BCUT2D eigenvalue weighted by Crippen LogP contribution is 2.41. The Morgan fingerprint density at radius 1 is 1.32 bits per heavy atom. The fourth-order valence-corrected chi connectivity index (χ4v) is 2.26. The van der Waals surface area contributed by atoms with Crippen LogP contribution >= 0.6 is 12.4 Å². The molecule has 2 unspecified atom stereocenters. The molecule has 2 rings (SSSR count). The van der Waals surface area contributed by atoms with E-state index >= 15 is 0 Å². The van der Waals surface area contributed by atoms with E-state index in [9.17, 15) is 4.79 Å². The SMILES string of the molecule is CNCC(C)C(=O)NC(c1ccccc1)C1CC1.Cl. The lowest BCUT2D eigenvalue weighted by Crippen LogP contribution is -2.37. The molecule has 1 saturated carbocycles. The van der Waals surface area contributed by atoms with Gasteiger partial charge in [0.25, 0.3) is 0 Å². The van der Waals surface area contributed by atoms with Crippen LogP contribution in [0.15, 0.2) is 30.3 Å². The zero-order chi connectivity index (χ0) is 13.0. The standard InChI is InChI=1S/C15H22N2O.ClH/c1-11(10-16-2)15(18)17-14(13-8-9-13)12-6-4-3-5-7-12;/h3-7,11,13-14,16H,8-10H2,1-2H3,(H,17,18);1H. The summed E-state index contributed by atoms with van der Waals surface area (Å²) < 4.78 is 0. The van der Waals surface area contributed by atoms with Crippen LogP contribution in [0.1, 0.15) is 31.4 Å². The second-order valence-electron chi connectivity index (χ2n) is 5.19. The lowest BCUT2D eigenvalue weighted by molar-refractivity contribution is -0.125. The monoisotopic (exact) mass is 282 g/mol. The van der Waals surface area contributed by atoms with E-state index in [1.54, 1.807) is 0 Å². The minimum Gasteiger partial charge on any atom is -0.349 e. The van der Waals surface area contributed by atoms with E-state index in [-0.39, 0.29) is 30.3 Å². The summed E-state index contributed by atoms with van der Waals surface area (Å²) in [5.74, 6) is 0.781. The van der Waals surface area contributed by atoms with E-state index in [0.717, 1.165) is 6.54 Å². The molecule has 1 aromatic rings. The summed E-state index contributed by atoms with van der Waals surface area (Å²) in [6, 6.07) is 10.5. The molecule has 1 aliphatic rings. The first-order chi connectivity index (χ1) is 8.72. The van der Waals surface area contributed by atoms with E-state index in [2.05, 4.69) is 22.8 Å². The van der Waals surface area contributed by atoms with Crippen molar-refractivity contribution in [1.82, 2.24) is 10.6 Å². The number of nitrogens with one attached hydrogen (secondary N) is 2. The Labute approximate surface area is 121 Å². The van der Waals surface area contributed by atoms with Crippen molar-refractivity contribution >= 4 is 18.3 Å². The van der Waals surface area contributed by atoms with Crippen LogP contribution in [0.4, 0.5) is 0 Å². The van der Waals surface area contributed by atoms with Crippen LogP contribution in [0, 0.1) is 11.8 Å². The Morgan fingerprint density at radius 2 is 1.95 bits per heavy atom. The highest BCUT2D eigenvalue weighted by atomic mass is 35.5. The topological polar surface area (TPSA) is 41.1 Å². The van der Waals surface area contributed by atoms with Gasteiger partial charge in [0.1, 0.15) is 0 Å². The van der Waals surface area contributed by atoms with Crippen LogP contribution in [0.3, 0.4) is 0 Å². The van der Waals surface area contributed by atoms with Crippen molar-refractivity contribution in [2.45, 2.75) is 25.8 Å². The van der Waals surface area contributed by atoms with Crippen LogP contribution in [0.2, 0.25) is 0 Å². The second-order valence-corrected chi connectivity index (χ2v) is 5.19. The van der Waals surface area contributed by atoms with Gasteiger partial charge in [0.05, 0.1) is 6.04 Å². The van der Waals surface area contributed by atoms with Crippen molar-refractivity contribution in [3.8, 4) is 0 Å². The summed E-state index contributed by atoms with van der Waals surface area (Å²) in [5.41, 5.74) is 1.23. The van der Waals surface area contributed by atoms with E-state index in [1.165, 1.54) is 18.4 Å². The number of benzene rings is 1. The van der Waals surface area contributed by atoms with Crippen molar-refractivity contribution in [2.75, 3.05) is 13.6 Å². The molecule has 1 fully saturated rings. The van der Waals surface area contributed by atoms with Gasteiger partial charge in [-0.15, -0.1) is 12.4 Å². The molecule has 0 bridgehead atoms. The van der Waals surface area contributed by atoms with Crippen LogP contribution in [-0.4, -0.2) is 19.5 Å². The maximum absolute atomic E-state index is 12.1. The molecule has 4 heteroatoms. The van der Waals surface area contributed by atoms with Crippen LogP contribution in [0.5, 0.6) is 0 Å². The van der Waals surface area contributed by atoms with Gasteiger partial charge in [-0.05, 0) is 31.4 Å². The zero-order valence-corrected chi connectivity index (χ0v) is 12.4. The smallest absolute Gasteiger partial charge is 0.224 e. The number of amides is 1. The molecular formula is C15H23ClN2O. The van der Waals surface area contributed by atoms with Crippen molar-refractivity contribution in [1.29, 1.82) is 0 Å². The number of rotatable bonds is 6. The molecule has 0 spiro atoms. The molecule has 0 aliphatic heterocycles. The van der Waals surface area contributed by atoms with E-state index in [1.807, 2.05) is 32.2 Å². The largest absolute Gasteiger partial charge is 0.349 e. The Hall–Kier alpha value is -1.06. The highest BCUT2D eigenvalue weighted by Gasteiger charge is 2.33. The molecule has 0 saturated heterocycles. The third-order valence-electron chi connectivity index (χ3n) is 3.51. The molecule has 1 aliphatic carbocycles. The minimum absolute atomic E-state index is 0. The molecule has 19 heavy (non-hydrogen) atoms. The Kier molecular flexibility index (Phi) is 6.32. The molecule has 1 aromatic carbocycles. The molecule has 1 amide bonds. The maximum Gasteiger partial charge on any atom is 0.224 e. The van der Waals surface area contributed by atoms with E-state index in [4.69, 9.17) is 0 Å². The Bertz CT molecular complexity index is 392. The van der Waals surface area contributed by atoms with Crippen molar-refractivity contribution < 1.29 is 4.79 Å². The van der Waals surface area contributed by atoms with Gasteiger partial charge in [-0.3, -0.25) is 4.79 Å². The highest BCUT2D eigenvalue weighted by molar-refractivity contribution is 5.85. The van der Waals surface area contributed by atoms with Crippen molar-refractivity contribution in [3.05, 3.63) is 35.9 Å².